The van der Waals surface area contributed by atoms with Gasteiger partial charge in [-0.2, -0.15) is 10.4 Å². The summed E-state index contributed by atoms with van der Waals surface area (Å²) in [5.41, 5.74) is 1.91. The third-order valence-electron chi connectivity index (χ3n) is 1.85. The van der Waals surface area contributed by atoms with E-state index < -0.39 is 10.8 Å². The largest absolute Gasteiger partial charge is 0.507 e. The van der Waals surface area contributed by atoms with Crippen molar-refractivity contribution in [2.75, 3.05) is 0 Å². The molecule has 2 N–H and O–H groups in total. The molecule has 92 valence electrons. The smallest absolute Gasteiger partial charge is 0.270 e. The number of phenols is 1. The first-order valence-electron chi connectivity index (χ1n) is 4.71. The van der Waals surface area contributed by atoms with Crippen LogP contribution in [-0.4, -0.2) is 22.2 Å². The van der Waals surface area contributed by atoms with Crippen LogP contribution in [0.3, 0.4) is 0 Å². The molecule has 0 aliphatic heterocycles. The van der Waals surface area contributed by atoms with Gasteiger partial charge in [0.1, 0.15) is 12.2 Å². The molecule has 8 heteroatoms. The van der Waals surface area contributed by atoms with Crippen molar-refractivity contribution in [1.29, 1.82) is 5.26 Å². The number of aromatic hydroxyl groups is 1. The van der Waals surface area contributed by atoms with Crippen LogP contribution in [-0.2, 0) is 4.79 Å². The van der Waals surface area contributed by atoms with Crippen LogP contribution in [0, 0.1) is 21.4 Å². The number of nitrogens with zero attached hydrogens (tertiary/aromatic N) is 3. The van der Waals surface area contributed by atoms with Crippen molar-refractivity contribution < 1.29 is 14.8 Å². The van der Waals surface area contributed by atoms with Gasteiger partial charge >= 0.3 is 0 Å². The lowest BCUT2D eigenvalue weighted by atomic mass is 10.2. The van der Waals surface area contributed by atoms with Gasteiger partial charge in [-0.3, -0.25) is 14.9 Å². The molecule has 0 aliphatic rings. The third-order valence-corrected chi connectivity index (χ3v) is 1.85. The van der Waals surface area contributed by atoms with Crippen molar-refractivity contribution in [2.45, 2.75) is 6.42 Å². The molecule has 0 bridgehead atoms. The zero-order valence-corrected chi connectivity index (χ0v) is 9.03. The highest BCUT2D eigenvalue weighted by atomic mass is 16.6. The number of phenolic OH excluding ortho intramolecular Hbond substituents is 1. The normalized spacial score (nSPS) is 9.94. The van der Waals surface area contributed by atoms with Crippen LogP contribution in [0.1, 0.15) is 12.0 Å². The summed E-state index contributed by atoms with van der Waals surface area (Å²) in [4.78, 5) is 20.8. The highest BCUT2D eigenvalue weighted by Gasteiger charge is 2.08. The van der Waals surface area contributed by atoms with Crippen molar-refractivity contribution in [3.8, 4) is 11.8 Å². The van der Waals surface area contributed by atoms with E-state index in [0.29, 0.717) is 0 Å². The standard InChI is InChI=1S/C10H8N4O4/c11-4-3-10(16)13-12-6-7-5-8(14(17)18)1-2-9(7)15/h1-2,5-6,15H,3H2,(H,13,16)/b12-6+. The Kier molecular flexibility index (Phi) is 4.34. The summed E-state index contributed by atoms with van der Waals surface area (Å²) >= 11 is 0. The number of benzene rings is 1. The van der Waals surface area contributed by atoms with E-state index in [9.17, 15) is 20.0 Å². The second-order valence-electron chi connectivity index (χ2n) is 3.13. The molecule has 18 heavy (non-hydrogen) atoms. The topological polar surface area (TPSA) is 129 Å². The molecule has 0 heterocycles. The lowest BCUT2D eigenvalue weighted by Gasteiger charge is -1.98. The average molecular weight is 248 g/mol. The average Bonchev–Trinajstić information content (AvgIpc) is 2.31. The number of carbonyl (C=O) groups excluding carboxylic acids is 1. The van der Waals surface area contributed by atoms with E-state index in [1.807, 2.05) is 5.43 Å². The van der Waals surface area contributed by atoms with Gasteiger partial charge in [0.05, 0.1) is 17.2 Å². The van der Waals surface area contributed by atoms with Gasteiger partial charge < -0.3 is 5.11 Å². The lowest BCUT2D eigenvalue weighted by molar-refractivity contribution is -0.384. The quantitative estimate of drug-likeness (QED) is 0.459. The van der Waals surface area contributed by atoms with E-state index in [1.165, 1.54) is 0 Å². The highest BCUT2D eigenvalue weighted by molar-refractivity contribution is 5.86. The fourth-order valence-electron chi connectivity index (χ4n) is 1.04. The molecule has 0 fully saturated rings. The van der Waals surface area contributed by atoms with Crippen LogP contribution in [0.5, 0.6) is 5.75 Å². The summed E-state index contributed by atoms with van der Waals surface area (Å²) < 4.78 is 0. The van der Waals surface area contributed by atoms with Crippen LogP contribution < -0.4 is 5.43 Å². The number of hydrogen-bond acceptors (Lipinski definition) is 6. The van der Waals surface area contributed by atoms with Gasteiger partial charge in [-0.15, -0.1) is 0 Å². The number of amides is 1. The summed E-state index contributed by atoms with van der Waals surface area (Å²) in [6, 6.07) is 5.02. The van der Waals surface area contributed by atoms with Gasteiger partial charge in [0, 0.05) is 17.7 Å². The minimum atomic E-state index is -0.620. The number of nitrogens with one attached hydrogen (secondary N) is 1. The first-order valence-corrected chi connectivity index (χ1v) is 4.71. The Morgan fingerprint density at radius 2 is 2.39 bits per heavy atom. The Hall–Kier alpha value is -2.95. The second-order valence-corrected chi connectivity index (χ2v) is 3.13. The van der Waals surface area contributed by atoms with Crippen LogP contribution in [0.2, 0.25) is 0 Å². The summed E-state index contributed by atoms with van der Waals surface area (Å²) in [6.07, 6.45) is 0.704. The second kappa shape index (κ2) is 5.95. The predicted octanol–water partition coefficient (Wildman–Crippen LogP) is 0.664. The number of nitro benzene ring substituents is 1. The molecule has 8 nitrogen and oxygen atoms in total. The van der Waals surface area contributed by atoms with Crippen molar-refractivity contribution in [3.05, 3.63) is 33.9 Å². The lowest BCUT2D eigenvalue weighted by Crippen LogP contribution is -2.16. The molecule has 1 rings (SSSR count). The molecule has 0 aromatic heterocycles. The maximum Gasteiger partial charge on any atom is 0.270 e. The Morgan fingerprint density at radius 3 is 3.00 bits per heavy atom. The minimum Gasteiger partial charge on any atom is -0.507 e. The first kappa shape index (κ1) is 13.1. The first-order chi connectivity index (χ1) is 8.54. The number of hydrogen-bond donors (Lipinski definition) is 2. The van der Waals surface area contributed by atoms with E-state index in [0.717, 1.165) is 24.4 Å². The maximum absolute atomic E-state index is 10.9. The van der Waals surface area contributed by atoms with Crippen LogP contribution in [0.15, 0.2) is 23.3 Å². The minimum absolute atomic E-state index is 0.0847. The number of rotatable bonds is 4. The zero-order valence-electron chi connectivity index (χ0n) is 9.03. The van der Waals surface area contributed by atoms with E-state index >= 15 is 0 Å². The molecule has 0 unspecified atom stereocenters. The summed E-state index contributed by atoms with van der Waals surface area (Å²) in [5.74, 6) is -0.822. The van der Waals surface area contributed by atoms with E-state index in [1.54, 1.807) is 6.07 Å². The van der Waals surface area contributed by atoms with Crippen LogP contribution in [0.25, 0.3) is 0 Å². The summed E-state index contributed by atoms with van der Waals surface area (Å²) in [7, 11) is 0. The predicted molar refractivity (Wildman–Crippen MR) is 60.7 cm³/mol. The summed E-state index contributed by atoms with van der Waals surface area (Å²) in [6.45, 7) is 0. The van der Waals surface area contributed by atoms with Gasteiger partial charge in [-0.1, -0.05) is 0 Å². The third kappa shape index (κ3) is 3.57. The van der Waals surface area contributed by atoms with Crippen molar-refractivity contribution in [1.82, 2.24) is 5.43 Å². The van der Waals surface area contributed by atoms with Gasteiger partial charge in [0.15, 0.2) is 0 Å². The van der Waals surface area contributed by atoms with Crippen molar-refractivity contribution in [2.24, 2.45) is 5.10 Å². The zero-order chi connectivity index (χ0) is 13.5. The Balaban J connectivity index is 2.81. The molecule has 0 saturated carbocycles. The number of nitriles is 1. The SMILES string of the molecule is N#CCC(=O)N/N=C/c1cc([N+](=O)[O-])ccc1O. The highest BCUT2D eigenvalue weighted by Crippen LogP contribution is 2.21. The molecule has 1 aromatic rings. The Morgan fingerprint density at radius 1 is 1.67 bits per heavy atom. The van der Waals surface area contributed by atoms with E-state index in [4.69, 9.17) is 5.26 Å². The van der Waals surface area contributed by atoms with Gasteiger partial charge in [-0.25, -0.2) is 5.43 Å². The van der Waals surface area contributed by atoms with Gasteiger partial charge in [0.2, 0.25) is 0 Å². The van der Waals surface area contributed by atoms with Crippen LogP contribution >= 0.6 is 0 Å². The monoisotopic (exact) mass is 248 g/mol. The fourth-order valence-corrected chi connectivity index (χ4v) is 1.04. The fraction of sp³-hybridized carbons (Fsp3) is 0.100. The molecule has 0 saturated heterocycles. The Labute approximate surface area is 101 Å². The summed E-state index contributed by atoms with van der Waals surface area (Å²) in [5, 5.41) is 31.6. The molecular formula is C10H8N4O4. The number of hydrazone groups is 1. The molecule has 0 radical (unpaired) electrons. The molecule has 0 spiro atoms. The number of carbonyl (C=O) groups is 1. The van der Waals surface area contributed by atoms with Crippen molar-refractivity contribution >= 4 is 17.8 Å². The Bertz CT molecular complexity index is 547. The maximum atomic E-state index is 10.9. The van der Waals surface area contributed by atoms with Gasteiger partial charge in [-0.05, 0) is 6.07 Å². The molecule has 1 amide bonds. The molecule has 0 atom stereocenters. The molecule has 1 aromatic carbocycles. The van der Waals surface area contributed by atoms with Gasteiger partial charge in [0.25, 0.3) is 11.6 Å². The van der Waals surface area contributed by atoms with E-state index in [2.05, 4.69) is 5.10 Å². The number of non-ortho nitro benzene ring substituents is 1. The van der Waals surface area contributed by atoms with E-state index in [-0.39, 0.29) is 23.4 Å². The molecular weight excluding hydrogens is 240 g/mol. The van der Waals surface area contributed by atoms with Crippen LogP contribution in [0.4, 0.5) is 5.69 Å². The van der Waals surface area contributed by atoms with Crippen molar-refractivity contribution in [3.63, 3.8) is 0 Å². The number of nitro groups is 1. The molecule has 0 aliphatic carbocycles.